The molecule has 6 atom stereocenters. The summed E-state index contributed by atoms with van der Waals surface area (Å²) in [4.78, 5) is 28.5. The van der Waals surface area contributed by atoms with Crippen molar-refractivity contribution in [1.82, 2.24) is 4.98 Å². The van der Waals surface area contributed by atoms with Gasteiger partial charge in [-0.2, -0.15) is 0 Å². The summed E-state index contributed by atoms with van der Waals surface area (Å²) >= 11 is 1.66. The summed E-state index contributed by atoms with van der Waals surface area (Å²) in [5.41, 5.74) is 6.95. The summed E-state index contributed by atoms with van der Waals surface area (Å²) < 4.78 is 6.02. The highest BCUT2D eigenvalue weighted by Gasteiger charge is 2.50. The van der Waals surface area contributed by atoms with Crippen LogP contribution in [0.5, 0.6) is 0 Å². The second-order valence-corrected chi connectivity index (χ2v) is 12.3. The Kier molecular flexibility index (Phi) is 10.2. The Morgan fingerprint density at radius 3 is 2.60 bits per heavy atom. The molecule has 6 unspecified atom stereocenters. The second-order valence-electron chi connectivity index (χ2n) is 11.3. The van der Waals surface area contributed by atoms with Gasteiger partial charge in [-0.15, -0.1) is 11.3 Å². The van der Waals surface area contributed by atoms with E-state index >= 15 is 0 Å². The lowest BCUT2D eigenvalue weighted by Crippen LogP contribution is -2.43. The molecule has 1 aliphatic rings. The highest BCUT2D eigenvalue weighted by Crippen LogP contribution is 2.44. The van der Waals surface area contributed by atoms with Crippen molar-refractivity contribution in [3.63, 3.8) is 0 Å². The number of aliphatic hydroxyl groups excluding tert-OH is 1. The summed E-state index contributed by atoms with van der Waals surface area (Å²) in [5, 5.41) is 23.0. The SMILES string of the molecule is CC(=Cc1csc(C)n1)CCC1OC1(C)CCCC(C)C(O)C(C)C(=O)C(C)(C)CC(N)C(=O)O. The molecule has 198 valence electrons. The van der Waals surface area contributed by atoms with E-state index in [1.54, 1.807) is 32.1 Å². The van der Waals surface area contributed by atoms with Gasteiger partial charge < -0.3 is 20.7 Å². The van der Waals surface area contributed by atoms with Crippen LogP contribution in [0.25, 0.3) is 6.08 Å². The number of rotatable bonds is 15. The van der Waals surface area contributed by atoms with Gasteiger partial charge in [0.25, 0.3) is 0 Å². The Bertz CT molecular complexity index is 911. The van der Waals surface area contributed by atoms with E-state index in [-0.39, 0.29) is 29.8 Å². The minimum atomic E-state index is -1.12. The fourth-order valence-electron chi connectivity index (χ4n) is 4.95. The smallest absolute Gasteiger partial charge is 0.320 e. The number of allylic oxidation sites excluding steroid dienone is 1. The number of ketones is 1. The number of thiazole rings is 1. The van der Waals surface area contributed by atoms with Crippen molar-refractivity contribution in [2.75, 3.05) is 0 Å². The molecule has 0 saturated carbocycles. The molecule has 1 aliphatic heterocycles. The molecule has 0 aromatic carbocycles. The van der Waals surface area contributed by atoms with E-state index in [2.05, 4.69) is 30.3 Å². The summed E-state index contributed by atoms with van der Waals surface area (Å²) in [6.07, 6.45) is 6.24. The Hall–Kier alpha value is -1.61. The molecule has 0 aliphatic carbocycles. The Morgan fingerprint density at radius 1 is 1.37 bits per heavy atom. The molecule has 1 aromatic heterocycles. The van der Waals surface area contributed by atoms with Crippen molar-refractivity contribution in [2.24, 2.45) is 23.0 Å². The Balaban J connectivity index is 1.75. The van der Waals surface area contributed by atoms with Crippen LogP contribution in [0.3, 0.4) is 0 Å². The third-order valence-corrected chi connectivity index (χ3v) is 8.21. The molecule has 0 spiro atoms. The van der Waals surface area contributed by atoms with E-state index in [4.69, 9.17) is 15.6 Å². The van der Waals surface area contributed by atoms with Crippen LogP contribution < -0.4 is 5.73 Å². The third-order valence-electron chi connectivity index (χ3n) is 7.42. The molecule has 7 nitrogen and oxygen atoms in total. The summed E-state index contributed by atoms with van der Waals surface area (Å²) in [6, 6.07) is -1.10. The lowest BCUT2D eigenvalue weighted by molar-refractivity contribution is -0.141. The topological polar surface area (TPSA) is 126 Å². The van der Waals surface area contributed by atoms with Gasteiger partial charge in [0.05, 0.1) is 28.5 Å². The van der Waals surface area contributed by atoms with Crippen molar-refractivity contribution in [1.29, 1.82) is 0 Å². The quantitative estimate of drug-likeness (QED) is 0.285. The van der Waals surface area contributed by atoms with E-state index in [9.17, 15) is 14.7 Å². The van der Waals surface area contributed by atoms with E-state index in [1.807, 2.05) is 13.8 Å². The number of epoxide rings is 1. The number of aliphatic carboxylic acids is 1. The molecule has 2 rings (SSSR count). The maximum atomic E-state index is 13.0. The minimum absolute atomic E-state index is 0.0434. The zero-order chi connectivity index (χ0) is 26.6. The van der Waals surface area contributed by atoms with Gasteiger partial charge in [-0.25, -0.2) is 4.98 Å². The van der Waals surface area contributed by atoms with Crippen LogP contribution in [0.2, 0.25) is 0 Å². The summed E-state index contributed by atoms with van der Waals surface area (Å²) in [5.74, 6) is -1.91. The Morgan fingerprint density at radius 2 is 2.03 bits per heavy atom. The number of nitrogens with two attached hydrogens (primary N) is 1. The fourth-order valence-corrected chi connectivity index (χ4v) is 5.52. The number of aryl methyl sites for hydroxylation is 1. The highest BCUT2D eigenvalue weighted by atomic mass is 32.1. The summed E-state index contributed by atoms with van der Waals surface area (Å²) in [7, 11) is 0. The van der Waals surface area contributed by atoms with Crippen molar-refractivity contribution in [3.8, 4) is 0 Å². The predicted molar refractivity (Wildman–Crippen MR) is 140 cm³/mol. The van der Waals surface area contributed by atoms with Gasteiger partial charge >= 0.3 is 5.97 Å². The molecule has 0 radical (unpaired) electrons. The number of hydrogen-bond donors (Lipinski definition) is 3. The first-order valence-corrected chi connectivity index (χ1v) is 13.5. The lowest BCUT2D eigenvalue weighted by Gasteiger charge is -2.32. The maximum absolute atomic E-state index is 13.0. The van der Waals surface area contributed by atoms with Crippen LogP contribution in [0.4, 0.5) is 0 Å². The fraction of sp³-hybridized carbons (Fsp3) is 0.741. The van der Waals surface area contributed by atoms with Crippen molar-refractivity contribution >= 4 is 29.2 Å². The van der Waals surface area contributed by atoms with E-state index in [0.29, 0.717) is 0 Å². The molecule has 4 N–H and O–H groups in total. The molecule has 1 aromatic rings. The zero-order valence-corrected chi connectivity index (χ0v) is 23.2. The van der Waals surface area contributed by atoms with E-state index < -0.39 is 29.4 Å². The average Bonchev–Trinajstić information content (AvgIpc) is 3.24. The molecule has 1 saturated heterocycles. The Labute approximate surface area is 214 Å². The first-order valence-electron chi connectivity index (χ1n) is 12.6. The number of carboxylic acid groups (broad SMARTS) is 1. The van der Waals surface area contributed by atoms with Crippen LogP contribution in [0.1, 0.15) is 90.8 Å². The van der Waals surface area contributed by atoms with Gasteiger partial charge in [-0.1, -0.05) is 39.7 Å². The van der Waals surface area contributed by atoms with Crippen molar-refractivity contribution in [2.45, 2.75) is 111 Å². The van der Waals surface area contributed by atoms with Crippen LogP contribution in [0, 0.1) is 24.2 Å². The minimum Gasteiger partial charge on any atom is -0.480 e. The van der Waals surface area contributed by atoms with Gasteiger partial charge in [0, 0.05) is 16.7 Å². The number of nitrogens with zero attached hydrogens (tertiary/aromatic N) is 1. The first-order chi connectivity index (χ1) is 16.2. The maximum Gasteiger partial charge on any atom is 0.320 e. The van der Waals surface area contributed by atoms with E-state index in [0.717, 1.165) is 42.8 Å². The number of Topliss-reactive ketones (excluding diaryl/α,β-unsaturated/α-hetero) is 1. The van der Waals surface area contributed by atoms with Crippen LogP contribution in [-0.2, 0) is 14.3 Å². The summed E-state index contributed by atoms with van der Waals surface area (Å²) in [6.45, 7) is 13.4. The largest absolute Gasteiger partial charge is 0.480 e. The van der Waals surface area contributed by atoms with Gasteiger partial charge in [0.2, 0.25) is 0 Å². The molecule has 35 heavy (non-hydrogen) atoms. The van der Waals surface area contributed by atoms with E-state index in [1.165, 1.54) is 5.57 Å². The molecule has 0 amide bonds. The predicted octanol–water partition coefficient (Wildman–Crippen LogP) is 4.99. The standard InChI is InChI=1S/C27H44N2O5S/c1-16(13-20-15-35-19(4)29-20)10-11-22-27(7,34-22)12-8-9-17(2)23(30)18(3)24(31)26(5,6)14-21(28)25(32)33/h13,15,17-18,21-23,30H,8-12,14,28H2,1-7H3,(H,32,33). The number of carboxylic acids is 1. The second kappa shape index (κ2) is 12.1. The van der Waals surface area contributed by atoms with Crippen LogP contribution in [-0.4, -0.2) is 50.8 Å². The molecule has 0 bridgehead atoms. The van der Waals surface area contributed by atoms with Gasteiger partial charge in [0.1, 0.15) is 11.8 Å². The number of aliphatic hydroxyl groups is 1. The van der Waals surface area contributed by atoms with Gasteiger partial charge in [-0.05, 0) is 64.9 Å². The molecule has 2 heterocycles. The number of carbonyl (C=O) groups excluding carboxylic acids is 1. The third kappa shape index (κ3) is 8.48. The van der Waals surface area contributed by atoms with Gasteiger partial charge in [0.15, 0.2) is 0 Å². The number of carbonyl (C=O) groups is 2. The molecular formula is C27H44N2O5S. The normalized spacial score (nSPS) is 24.0. The molecule has 8 heteroatoms. The zero-order valence-electron chi connectivity index (χ0n) is 22.3. The lowest BCUT2D eigenvalue weighted by atomic mass is 9.73. The molecular weight excluding hydrogens is 464 g/mol. The van der Waals surface area contributed by atoms with Crippen LogP contribution in [0.15, 0.2) is 11.0 Å². The highest BCUT2D eigenvalue weighted by molar-refractivity contribution is 7.09. The number of hydrogen-bond acceptors (Lipinski definition) is 7. The monoisotopic (exact) mass is 508 g/mol. The van der Waals surface area contributed by atoms with Crippen molar-refractivity contribution in [3.05, 3.63) is 21.7 Å². The van der Waals surface area contributed by atoms with Crippen molar-refractivity contribution < 1.29 is 24.5 Å². The molecule has 1 fully saturated rings. The first kappa shape index (κ1) is 29.6. The van der Waals surface area contributed by atoms with Crippen LogP contribution >= 0.6 is 11.3 Å². The number of aromatic nitrogens is 1. The average molecular weight is 509 g/mol. The van der Waals surface area contributed by atoms with Gasteiger partial charge in [-0.3, -0.25) is 9.59 Å². The number of ether oxygens (including phenoxy) is 1.